The average Bonchev–Trinajstić information content (AvgIpc) is 3.10. The summed E-state index contributed by atoms with van der Waals surface area (Å²) in [5.41, 5.74) is 3.82. The fourth-order valence-corrected chi connectivity index (χ4v) is 3.50. The molecule has 0 saturated heterocycles. The van der Waals surface area contributed by atoms with Gasteiger partial charge in [0.25, 0.3) is 5.91 Å². The Morgan fingerprint density at radius 2 is 2.33 bits per heavy atom. The number of fused-ring (bicyclic) bond motifs is 3. The number of benzene rings is 1. The van der Waals surface area contributed by atoms with Crippen molar-refractivity contribution >= 4 is 5.91 Å². The van der Waals surface area contributed by atoms with Gasteiger partial charge < -0.3 is 10.1 Å². The maximum absolute atomic E-state index is 14.2. The molecule has 21 heavy (non-hydrogen) atoms. The fourth-order valence-electron chi connectivity index (χ4n) is 3.50. The molecule has 1 amide bonds. The first-order valence-electron chi connectivity index (χ1n) is 7.90. The molecular weight excluding hydrogens is 269 g/mol. The van der Waals surface area contributed by atoms with E-state index in [-0.39, 0.29) is 5.92 Å². The van der Waals surface area contributed by atoms with Crippen LogP contribution in [0.4, 0.5) is 4.39 Å². The van der Waals surface area contributed by atoms with Gasteiger partial charge in [-0.2, -0.15) is 0 Å². The van der Waals surface area contributed by atoms with Crippen LogP contribution in [-0.2, 0) is 17.6 Å². The largest absolute Gasteiger partial charge is 0.493 e. The minimum atomic E-state index is -1.41. The summed E-state index contributed by atoms with van der Waals surface area (Å²) in [5.74, 6) is 0.639. The summed E-state index contributed by atoms with van der Waals surface area (Å²) >= 11 is 0. The van der Waals surface area contributed by atoms with Gasteiger partial charge >= 0.3 is 0 Å². The van der Waals surface area contributed by atoms with E-state index in [0.29, 0.717) is 19.6 Å². The van der Waals surface area contributed by atoms with Crippen molar-refractivity contribution in [1.29, 1.82) is 0 Å². The van der Waals surface area contributed by atoms with Crippen LogP contribution in [0.15, 0.2) is 12.1 Å². The van der Waals surface area contributed by atoms with Gasteiger partial charge in [0.15, 0.2) is 6.17 Å². The molecule has 3 nitrogen and oxygen atoms in total. The predicted octanol–water partition coefficient (Wildman–Crippen LogP) is 2.91. The quantitative estimate of drug-likeness (QED) is 0.906. The molecule has 1 aromatic carbocycles. The van der Waals surface area contributed by atoms with Gasteiger partial charge in [-0.1, -0.05) is 13.0 Å². The summed E-state index contributed by atoms with van der Waals surface area (Å²) in [5, 5.41) is 2.64. The molecule has 0 spiro atoms. The van der Waals surface area contributed by atoms with Crippen molar-refractivity contribution in [1.82, 2.24) is 5.32 Å². The van der Waals surface area contributed by atoms with Crippen LogP contribution in [-0.4, -0.2) is 25.2 Å². The molecule has 1 aliphatic heterocycles. The highest BCUT2D eigenvalue weighted by atomic mass is 19.1. The first kappa shape index (κ1) is 14.4. The van der Waals surface area contributed by atoms with E-state index in [4.69, 9.17) is 4.74 Å². The third-order valence-corrected chi connectivity index (χ3v) is 4.51. The van der Waals surface area contributed by atoms with E-state index in [1.807, 2.05) is 13.0 Å². The first-order valence-corrected chi connectivity index (χ1v) is 7.90. The van der Waals surface area contributed by atoms with Crippen LogP contribution in [0.3, 0.4) is 0 Å². The zero-order chi connectivity index (χ0) is 14.8. The van der Waals surface area contributed by atoms with E-state index in [2.05, 4.69) is 11.4 Å². The van der Waals surface area contributed by atoms with E-state index in [9.17, 15) is 9.18 Å². The normalized spacial score (nSPS) is 20.6. The molecule has 0 aromatic heterocycles. The second-order valence-corrected chi connectivity index (χ2v) is 5.94. The molecule has 1 aliphatic carbocycles. The van der Waals surface area contributed by atoms with E-state index in [0.717, 1.165) is 31.4 Å². The highest BCUT2D eigenvalue weighted by Crippen LogP contribution is 2.43. The lowest BCUT2D eigenvalue weighted by atomic mass is 9.90. The van der Waals surface area contributed by atoms with Crippen molar-refractivity contribution in [3.63, 3.8) is 0 Å². The van der Waals surface area contributed by atoms with Gasteiger partial charge in [0.05, 0.1) is 6.61 Å². The molecule has 0 bridgehead atoms. The molecule has 1 N–H and O–H groups in total. The van der Waals surface area contributed by atoms with Crippen molar-refractivity contribution in [2.75, 3.05) is 13.2 Å². The summed E-state index contributed by atoms with van der Waals surface area (Å²) in [6.07, 6.45) is 2.54. The van der Waals surface area contributed by atoms with Crippen LogP contribution in [0.25, 0.3) is 0 Å². The molecule has 1 heterocycles. The van der Waals surface area contributed by atoms with Crippen molar-refractivity contribution < 1.29 is 13.9 Å². The average molecular weight is 291 g/mol. The summed E-state index contributed by atoms with van der Waals surface area (Å²) in [7, 11) is 0. The molecule has 0 fully saturated rings. The van der Waals surface area contributed by atoms with E-state index >= 15 is 0 Å². The smallest absolute Gasteiger partial charge is 0.254 e. The molecule has 0 radical (unpaired) electrons. The molecule has 0 saturated carbocycles. The molecule has 3 rings (SSSR count). The van der Waals surface area contributed by atoms with Gasteiger partial charge in [-0.3, -0.25) is 4.79 Å². The molecular formula is C17H22FNO2. The van der Waals surface area contributed by atoms with Crippen LogP contribution < -0.4 is 10.1 Å². The Kier molecular flexibility index (Phi) is 4.13. The fraction of sp³-hybridized carbons (Fsp3) is 0.588. The Bertz CT molecular complexity index is 544. The topological polar surface area (TPSA) is 38.3 Å². The Morgan fingerprint density at radius 1 is 1.48 bits per heavy atom. The standard InChI is InChI=1S/C17H22FNO2/c1-2-8-19-17(20)14(18)10-12-4-3-11-5-6-15-13(16(11)12)7-9-21-15/h5-6,12,14H,2-4,7-10H2,1H3,(H,19,20). The third kappa shape index (κ3) is 2.76. The molecule has 1 aromatic rings. The predicted molar refractivity (Wildman–Crippen MR) is 79.5 cm³/mol. The van der Waals surface area contributed by atoms with Crippen LogP contribution in [0.1, 0.15) is 48.8 Å². The lowest BCUT2D eigenvalue weighted by Gasteiger charge is -2.17. The molecule has 114 valence electrons. The van der Waals surface area contributed by atoms with Crippen molar-refractivity contribution in [2.45, 2.75) is 51.1 Å². The van der Waals surface area contributed by atoms with E-state index in [1.54, 1.807) is 0 Å². The monoisotopic (exact) mass is 291 g/mol. The van der Waals surface area contributed by atoms with Crippen LogP contribution in [0.5, 0.6) is 5.75 Å². The second kappa shape index (κ2) is 6.04. The summed E-state index contributed by atoms with van der Waals surface area (Å²) < 4.78 is 19.8. The van der Waals surface area contributed by atoms with E-state index < -0.39 is 12.1 Å². The number of alkyl halides is 1. The number of halogens is 1. The van der Waals surface area contributed by atoms with Gasteiger partial charge in [0.1, 0.15) is 5.75 Å². The highest BCUT2D eigenvalue weighted by molar-refractivity contribution is 5.80. The number of carbonyl (C=O) groups is 1. The number of nitrogens with one attached hydrogen (secondary N) is 1. The minimum Gasteiger partial charge on any atom is -0.493 e. The van der Waals surface area contributed by atoms with Gasteiger partial charge in [-0.05, 0) is 48.8 Å². The minimum absolute atomic E-state index is 0.152. The Hall–Kier alpha value is -1.58. The molecule has 4 heteroatoms. The number of rotatable bonds is 5. The number of hydrogen-bond donors (Lipinski definition) is 1. The van der Waals surface area contributed by atoms with Crippen molar-refractivity contribution in [3.8, 4) is 5.75 Å². The lowest BCUT2D eigenvalue weighted by molar-refractivity contribution is -0.126. The molecule has 2 aliphatic rings. The number of ether oxygens (including phenoxy) is 1. The van der Waals surface area contributed by atoms with Crippen LogP contribution in [0.2, 0.25) is 0 Å². The van der Waals surface area contributed by atoms with Gasteiger partial charge in [-0.25, -0.2) is 4.39 Å². The Morgan fingerprint density at radius 3 is 3.14 bits per heavy atom. The van der Waals surface area contributed by atoms with Crippen LogP contribution in [0, 0.1) is 0 Å². The SMILES string of the molecule is CCCNC(=O)C(F)CC1CCc2ccc3c(c21)CCO3. The Balaban J connectivity index is 1.73. The zero-order valence-corrected chi connectivity index (χ0v) is 12.5. The van der Waals surface area contributed by atoms with Gasteiger partial charge in [0, 0.05) is 18.5 Å². The summed E-state index contributed by atoms with van der Waals surface area (Å²) in [4.78, 5) is 11.7. The molecule has 2 unspecified atom stereocenters. The summed E-state index contributed by atoms with van der Waals surface area (Å²) in [6.45, 7) is 3.22. The number of amides is 1. The lowest BCUT2D eigenvalue weighted by Crippen LogP contribution is -2.33. The first-order chi connectivity index (χ1) is 10.2. The highest BCUT2D eigenvalue weighted by Gasteiger charge is 2.32. The number of carbonyl (C=O) groups excluding carboxylic acids is 1. The van der Waals surface area contributed by atoms with Gasteiger partial charge in [-0.15, -0.1) is 0 Å². The van der Waals surface area contributed by atoms with Crippen molar-refractivity contribution in [3.05, 3.63) is 28.8 Å². The number of aryl methyl sites for hydroxylation is 1. The zero-order valence-electron chi connectivity index (χ0n) is 12.5. The molecule has 2 atom stereocenters. The maximum Gasteiger partial charge on any atom is 0.254 e. The van der Waals surface area contributed by atoms with Crippen LogP contribution >= 0.6 is 0 Å². The maximum atomic E-state index is 14.2. The number of hydrogen-bond acceptors (Lipinski definition) is 2. The second-order valence-electron chi connectivity index (χ2n) is 5.94. The van der Waals surface area contributed by atoms with Crippen molar-refractivity contribution in [2.24, 2.45) is 0 Å². The third-order valence-electron chi connectivity index (χ3n) is 4.51. The summed E-state index contributed by atoms with van der Waals surface area (Å²) in [6, 6.07) is 4.13. The Labute approximate surface area is 124 Å². The van der Waals surface area contributed by atoms with Gasteiger partial charge in [0.2, 0.25) is 0 Å². The van der Waals surface area contributed by atoms with E-state index in [1.165, 1.54) is 16.7 Å².